The molecule has 0 unspecified atom stereocenters. The molecule has 0 N–H and O–H groups in total. The van der Waals surface area contributed by atoms with Crippen LogP contribution in [0.5, 0.6) is 0 Å². The van der Waals surface area contributed by atoms with Crippen LogP contribution in [0.1, 0.15) is 5.56 Å². The van der Waals surface area contributed by atoms with E-state index in [1.807, 2.05) is 59.4 Å². The first-order valence-corrected chi connectivity index (χ1v) is 5.67. The van der Waals surface area contributed by atoms with Crippen LogP contribution in [0.3, 0.4) is 0 Å². The summed E-state index contributed by atoms with van der Waals surface area (Å²) in [5.41, 5.74) is 1.56. The van der Waals surface area contributed by atoms with Gasteiger partial charge in [-0.1, -0.05) is 30.3 Å². The molecule has 0 radical (unpaired) electrons. The predicted octanol–water partition coefficient (Wildman–Crippen LogP) is 3.17. The monoisotopic (exact) mass is 237 g/mol. The number of hydrogen-bond donors (Lipinski definition) is 0. The molecule has 1 aromatic rings. The SMILES string of the molecule is O=c1cc2n(/C=C/c3ccccc3)cccc-2o1. The summed E-state index contributed by atoms with van der Waals surface area (Å²) in [5, 5.41) is 0. The molecule has 2 aliphatic heterocycles. The summed E-state index contributed by atoms with van der Waals surface area (Å²) in [4.78, 5) is 11.2. The van der Waals surface area contributed by atoms with Crippen LogP contribution >= 0.6 is 0 Å². The lowest BCUT2D eigenvalue weighted by molar-refractivity contribution is 0.543. The first-order chi connectivity index (χ1) is 8.83. The normalized spacial score (nSPS) is 11.3. The zero-order valence-electron chi connectivity index (χ0n) is 9.61. The van der Waals surface area contributed by atoms with E-state index in [1.54, 1.807) is 6.07 Å². The molecular formula is C15H11NO2. The standard InChI is InChI=1S/C15H11NO2/c17-15-11-13-14(18-15)7-4-9-16(13)10-8-12-5-2-1-3-6-12/h1-11H/b10-8+. The van der Waals surface area contributed by atoms with Crippen LogP contribution in [-0.4, -0.2) is 4.57 Å². The molecule has 0 saturated carbocycles. The first kappa shape index (κ1) is 10.6. The topological polar surface area (TPSA) is 35.1 Å². The molecule has 0 aliphatic carbocycles. The van der Waals surface area contributed by atoms with E-state index in [2.05, 4.69) is 0 Å². The lowest BCUT2D eigenvalue weighted by Gasteiger charge is -2.04. The van der Waals surface area contributed by atoms with Crippen molar-refractivity contribution >= 4 is 12.3 Å². The zero-order valence-corrected chi connectivity index (χ0v) is 9.61. The van der Waals surface area contributed by atoms with Gasteiger partial charge in [0.25, 0.3) is 0 Å². The summed E-state index contributed by atoms with van der Waals surface area (Å²) >= 11 is 0. The Morgan fingerprint density at radius 1 is 1.06 bits per heavy atom. The highest BCUT2D eigenvalue weighted by molar-refractivity contribution is 5.65. The summed E-state index contributed by atoms with van der Waals surface area (Å²) in [6.45, 7) is 0. The molecule has 3 nitrogen and oxygen atoms in total. The Kier molecular flexibility index (Phi) is 2.57. The highest BCUT2D eigenvalue weighted by Gasteiger charge is 2.09. The summed E-state index contributed by atoms with van der Waals surface area (Å²) in [5.74, 6) is 0.597. The summed E-state index contributed by atoms with van der Waals surface area (Å²) in [6.07, 6.45) is 5.78. The Morgan fingerprint density at radius 3 is 2.72 bits per heavy atom. The molecule has 3 rings (SSSR count). The van der Waals surface area contributed by atoms with Gasteiger partial charge in [-0.3, -0.25) is 0 Å². The van der Waals surface area contributed by atoms with Crippen LogP contribution in [-0.2, 0) is 0 Å². The van der Waals surface area contributed by atoms with E-state index in [4.69, 9.17) is 4.42 Å². The summed E-state index contributed by atoms with van der Waals surface area (Å²) in [6, 6.07) is 15.1. The van der Waals surface area contributed by atoms with E-state index in [1.165, 1.54) is 6.07 Å². The average molecular weight is 237 g/mol. The van der Waals surface area contributed by atoms with E-state index in [9.17, 15) is 4.79 Å². The van der Waals surface area contributed by atoms with E-state index in [0.29, 0.717) is 5.76 Å². The fourth-order valence-corrected chi connectivity index (χ4v) is 1.86. The molecule has 0 spiro atoms. The molecular weight excluding hydrogens is 226 g/mol. The van der Waals surface area contributed by atoms with Gasteiger partial charge in [0.15, 0.2) is 5.76 Å². The Labute approximate surface area is 104 Å². The van der Waals surface area contributed by atoms with Crippen molar-refractivity contribution in [1.29, 1.82) is 0 Å². The molecule has 0 bridgehead atoms. The van der Waals surface area contributed by atoms with Crippen LogP contribution in [0.4, 0.5) is 0 Å². The van der Waals surface area contributed by atoms with Crippen LogP contribution in [0.25, 0.3) is 23.7 Å². The van der Waals surface area contributed by atoms with Gasteiger partial charge in [0.1, 0.15) is 0 Å². The Bertz CT molecular complexity index is 707. The maximum atomic E-state index is 11.2. The fourth-order valence-electron chi connectivity index (χ4n) is 1.86. The highest BCUT2D eigenvalue weighted by Crippen LogP contribution is 2.20. The third-order valence-corrected chi connectivity index (χ3v) is 2.72. The van der Waals surface area contributed by atoms with Crippen molar-refractivity contribution in [3.05, 3.63) is 70.7 Å². The molecule has 0 amide bonds. The largest absolute Gasteiger partial charge is 0.421 e. The zero-order chi connectivity index (χ0) is 12.4. The second-order valence-electron chi connectivity index (χ2n) is 3.96. The van der Waals surface area contributed by atoms with Gasteiger partial charge in [-0.2, -0.15) is 0 Å². The third kappa shape index (κ3) is 1.98. The van der Waals surface area contributed by atoms with Crippen LogP contribution in [0.2, 0.25) is 0 Å². The maximum absolute atomic E-state index is 11.2. The van der Waals surface area contributed by atoms with Crippen LogP contribution in [0, 0.1) is 0 Å². The summed E-state index contributed by atoms with van der Waals surface area (Å²) < 4.78 is 6.92. The molecule has 88 valence electrons. The number of aromatic nitrogens is 1. The number of rotatable bonds is 2. The minimum absolute atomic E-state index is 0.321. The maximum Gasteiger partial charge on any atom is 0.338 e. The number of pyridine rings is 1. The van der Waals surface area contributed by atoms with Gasteiger partial charge in [-0.15, -0.1) is 0 Å². The predicted molar refractivity (Wildman–Crippen MR) is 71.3 cm³/mol. The van der Waals surface area contributed by atoms with Gasteiger partial charge in [-0.05, 0) is 23.8 Å². The third-order valence-electron chi connectivity index (χ3n) is 2.72. The molecule has 0 fully saturated rings. The van der Waals surface area contributed by atoms with Crippen molar-refractivity contribution in [2.75, 3.05) is 0 Å². The molecule has 0 saturated heterocycles. The Hall–Kier alpha value is -2.55. The van der Waals surface area contributed by atoms with Crippen molar-refractivity contribution < 1.29 is 4.42 Å². The van der Waals surface area contributed by atoms with Crippen molar-refractivity contribution in [1.82, 2.24) is 4.57 Å². The molecule has 2 heterocycles. The highest BCUT2D eigenvalue weighted by atomic mass is 16.4. The van der Waals surface area contributed by atoms with Crippen molar-refractivity contribution in [2.45, 2.75) is 0 Å². The van der Waals surface area contributed by atoms with Crippen molar-refractivity contribution in [2.24, 2.45) is 0 Å². The van der Waals surface area contributed by atoms with E-state index in [0.717, 1.165) is 11.3 Å². The second kappa shape index (κ2) is 4.37. The number of furan rings is 1. The van der Waals surface area contributed by atoms with Crippen LogP contribution < -0.4 is 5.63 Å². The molecule has 1 aromatic carbocycles. The first-order valence-electron chi connectivity index (χ1n) is 5.67. The quantitative estimate of drug-likeness (QED) is 0.686. The number of hydrogen-bond acceptors (Lipinski definition) is 2. The Balaban J connectivity index is 2.01. The van der Waals surface area contributed by atoms with E-state index >= 15 is 0 Å². The van der Waals surface area contributed by atoms with Crippen molar-refractivity contribution in [3.8, 4) is 11.5 Å². The van der Waals surface area contributed by atoms with Gasteiger partial charge in [0.05, 0.1) is 11.8 Å². The van der Waals surface area contributed by atoms with E-state index < -0.39 is 0 Å². The smallest absolute Gasteiger partial charge is 0.338 e. The lowest BCUT2D eigenvalue weighted by atomic mass is 10.2. The Morgan fingerprint density at radius 2 is 1.89 bits per heavy atom. The number of nitrogens with zero attached hydrogens (tertiary/aromatic N) is 1. The van der Waals surface area contributed by atoms with Gasteiger partial charge in [0, 0.05) is 12.4 Å². The molecule has 2 aliphatic rings. The lowest BCUT2D eigenvalue weighted by Crippen LogP contribution is -1.92. The summed E-state index contributed by atoms with van der Waals surface area (Å²) in [7, 11) is 0. The average Bonchev–Trinajstić information content (AvgIpc) is 2.78. The molecule has 18 heavy (non-hydrogen) atoms. The van der Waals surface area contributed by atoms with Gasteiger partial charge < -0.3 is 8.98 Å². The van der Waals surface area contributed by atoms with Crippen LogP contribution in [0.15, 0.2) is 63.9 Å². The minimum Gasteiger partial charge on any atom is -0.421 e. The number of benzene rings is 1. The molecule has 0 aromatic heterocycles. The van der Waals surface area contributed by atoms with E-state index in [-0.39, 0.29) is 5.63 Å². The minimum atomic E-state index is -0.321. The van der Waals surface area contributed by atoms with Gasteiger partial charge in [0.2, 0.25) is 0 Å². The molecule has 0 atom stereocenters. The number of fused-ring (bicyclic) bond motifs is 1. The molecule has 3 heteroatoms. The van der Waals surface area contributed by atoms with Crippen molar-refractivity contribution in [3.63, 3.8) is 0 Å². The fraction of sp³-hybridized carbons (Fsp3) is 0. The van der Waals surface area contributed by atoms with Gasteiger partial charge in [-0.25, -0.2) is 4.79 Å². The van der Waals surface area contributed by atoms with Gasteiger partial charge >= 0.3 is 5.63 Å². The second-order valence-corrected chi connectivity index (χ2v) is 3.96.